The number of rotatable bonds is 7. The Balaban J connectivity index is 1.56. The molecule has 0 saturated carbocycles. The number of ether oxygens (including phenoxy) is 5. The number of methoxy groups -OCH3 is 2. The van der Waals surface area contributed by atoms with Gasteiger partial charge in [-0.1, -0.05) is 5.21 Å². The second kappa shape index (κ2) is 7.97. The van der Waals surface area contributed by atoms with E-state index in [9.17, 15) is 0 Å². The average Bonchev–Trinajstić information content (AvgIpc) is 3.24. The third kappa shape index (κ3) is 4.00. The van der Waals surface area contributed by atoms with E-state index in [2.05, 4.69) is 10.3 Å². The fourth-order valence-electron chi connectivity index (χ4n) is 3.41. The summed E-state index contributed by atoms with van der Waals surface area (Å²) < 4.78 is 30.0. The molecule has 2 aliphatic rings. The van der Waals surface area contributed by atoms with Crippen LogP contribution in [0, 0.1) is 0 Å². The molecular formula is C14H25B2N3O5. The zero-order chi connectivity index (χ0) is 17.1. The number of aromatic nitrogens is 3. The van der Waals surface area contributed by atoms with Crippen molar-refractivity contribution in [2.24, 2.45) is 0 Å². The molecule has 0 unspecified atom stereocenters. The first-order valence-electron chi connectivity index (χ1n) is 8.45. The van der Waals surface area contributed by atoms with E-state index in [-0.39, 0.29) is 36.4 Å². The Morgan fingerprint density at radius 1 is 1.21 bits per heavy atom. The molecule has 10 heteroatoms. The van der Waals surface area contributed by atoms with Gasteiger partial charge in [0.05, 0.1) is 25.0 Å². The second-order valence-electron chi connectivity index (χ2n) is 6.57. The lowest BCUT2D eigenvalue weighted by Crippen LogP contribution is -2.29. The predicted molar refractivity (Wildman–Crippen MR) is 90.2 cm³/mol. The Hall–Kier alpha value is -0.930. The highest BCUT2D eigenvalue weighted by Gasteiger charge is 2.36. The van der Waals surface area contributed by atoms with E-state index in [1.807, 2.05) is 21.9 Å². The highest BCUT2D eigenvalue weighted by molar-refractivity contribution is 6.11. The maximum Gasteiger partial charge on any atom is 0.141 e. The standard InChI is InChI=1S/C14H25B2N3O5/c1-20-6-11-9(3-12(15)23-11)22-7-19-5-8(17-18-19)14-10(21-2)4-13(16)24-14/h5,9-14H,3-4,6-7,15-16H2,1-2H3/t9-,10-,11-,12-,13-,14-/m1/s1. The zero-order valence-electron chi connectivity index (χ0n) is 14.8. The Kier molecular flexibility index (Phi) is 5.93. The van der Waals surface area contributed by atoms with Crippen LogP contribution in [0.5, 0.6) is 0 Å². The summed E-state index contributed by atoms with van der Waals surface area (Å²) in [5.74, 6) is 0. The highest BCUT2D eigenvalue weighted by atomic mass is 16.6. The molecule has 3 rings (SSSR count). The topological polar surface area (TPSA) is 76.9 Å². The van der Waals surface area contributed by atoms with Gasteiger partial charge < -0.3 is 23.7 Å². The molecule has 24 heavy (non-hydrogen) atoms. The monoisotopic (exact) mass is 337 g/mol. The highest BCUT2D eigenvalue weighted by Crippen LogP contribution is 2.32. The van der Waals surface area contributed by atoms with Crippen molar-refractivity contribution in [1.29, 1.82) is 0 Å². The summed E-state index contributed by atoms with van der Waals surface area (Å²) in [6.45, 7) is 0.856. The van der Waals surface area contributed by atoms with E-state index in [4.69, 9.17) is 23.7 Å². The maximum absolute atomic E-state index is 5.96. The van der Waals surface area contributed by atoms with Gasteiger partial charge in [0, 0.05) is 26.2 Å². The van der Waals surface area contributed by atoms with Crippen LogP contribution in [0.4, 0.5) is 0 Å². The van der Waals surface area contributed by atoms with Crippen molar-refractivity contribution in [1.82, 2.24) is 15.0 Å². The molecule has 2 fully saturated rings. The zero-order valence-corrected chi connectivity index (χ0v) is 14.8. The van der Waals surface area contributed by atoms with E-state index in [1.54, 1.807) is 18.9 Å². The van der Waals surface area contributed by atoms with Gasteiger partial charge in [0.2, 0.25) is 0 Å². The van der Waals surface area contributed by atoms with Crippen molar-refractivity contribution in [3.63, 3.8) is 0 Å². The van der Waals surface area contributed by atoms with E-state index < -0.39 is 0 Å². The molecule has 0 N–H and O–H groups in total. The Bertz CT molecular complexity index is 534. The van der Waals surface area contributed by atoms with Crippen LogP contribution in [0.2, 0.25) is 0 Å². The summed E-state index contributed by atoms with van der Waals surface area (Å²) >= 11 is 0. The molecule has 0 aromatic carbocycles. The van der Waals surface area contributed by atoms with Crippen molar-refractivity contribution in [2.45, 2.75) is 56.0 Å². The molecule has 1 aromatic heterocycles. The molecule has 2 aliphatic heterocycles. The second-order valence-corrected chi connectivity index (χ2v) is 6.57. The van der Waals surface area contributed by atoms with Gasteiger partial charge in [-0.3, -0.25) is 0 Å². The molecular weight excluding hydrogens is 312 g/mol. The normalized spacial score (nSPS) is 36.4. The fourth-order valence-corrected chi connectivity index (χ4v) is 3.41. The number of nitrogens with zero attached hydrogens (tertiary/aromatic N) is 3. The van der Waals surface area contributed by atoms with Gasteiger partial charge in [0.1, 0.15) is 40.3 Å². The van der Waals surface area contributed by atoms with Crippen LogP contribution >= 0.6 is 0 Å². The molecule has 0 spiro atoms. The third-order valence-corrected chi connectivity index (χ3v) is 4.57. The minimum atomic E-state index is -0.171. The molecule has 2 saturated heterocycles. The molecule has 3 heterocycles. The van der Waals surface area contributed by atoms with Crippen LogP contribution in [-0.4, -0.2) is 81.8 Å². The Morgan fingerprint density at radius 2 is 1.96 bits per heavy atom. The molecule has 0 aliphatic carbocycles. The molecule has 0 bridgehead atoms. The summed E-state index contributed by atoms with van der Waals surface area (Å²) in [5, 5.41) is 8.36. The summed E-state index contributed by atoms with van der Waals surface area (Å²) in [6.07, 6.45) is 3.38. The van der Waals surface area contributed by atoms with Gasteiger partial charge in [0.15, 0.2) is 0 Å². The summed E-state index contributed by atoms with van der Waals surface area (Å²) in [5.41, 5.74) is 0.777. The van der Waals surface area contributed by atoms with Crippen LogP contribution in [0.15, 0.2) is 6.20 Å². The Morgan fingerprint density at radius 3 is 2.71 bits per heavy atom. The molecule has 6 atom stereocenters. The first kappa shape index (κ1) is 17.9. The van der Waals surface area contributed by atoms with E-state index >= 15 is 0 Å². The van der Waals surface area contributed by atoms with Gasteiger partial charge in [-0.25, -0.2) is 4.68 Å². The lowest BCUT2D eigenvalue weighted by molar-refractivity contribution is -0.0679. The maximum atomic E-state index is 5.96. The van der Waals surface area contributed by atoms with Gasteiger partial charge >= 0.3 is 0 Å². The van der Waals surface area contributed by atoms with E-state index in [0.29, 0.717) is 13.3 Å². The Labute approximate surface area is 143 Å². The molecule has 0 radical (unpaired) electrons. The molecule has 1 aromatic rings. The van der Waals surface area contributed by atoms with Crippen molar-refractivity contribution < 1.29 is 23.7 Å². The first-order valence-corrected chi connectivity index (χ1v) is 8.45. The predicted octanol–water partition coefficient (Wildman–Crippen LogP) is -1.55. The number of hydrogen-bond acceptors (Lipinski definition) is 7. The van der Waals surface area contributed by atoms with Crippen LogP contribution in [0.1, 0.15) is 24.6 Å². The molecule has 8 nitrogen and oxygen atoms in total. The third-order valence-electron chi connectivity index (χ3n) is 4.57. The fraction of sp³-hybridized carbons (Fsp3) is 0.857. The summed E-state index contributed by atoms with van der Waals surface area (Å²) in [6, 6.07) is 0.338. The molecule has 0 amide bonds. The number of hydrogen-bond donors (Lipinski definition) is 0. The first-order chi connectivity index (χ1) is 11.6. The summed E-state index contributed by atoms with van der Waals surface area (Å²) in [7, 11) is 7.45. The minimum Gasteiger partial charge on any atom is -0.382 e. The van der Waals surface area contributed by atoms with Crippen LogP contribution in [-0.2, 0) is 30.4 Å². The average molecular weight is 337 g/mol. The van der Waals surface area contributed by atoms with Gasteiger partial charge in [-0.2, -0.15) is 0 Å². The van der Waals surface area contributed by atoms with Crippen molar-refractivity contribution in [2.75, 3.05) is 20.8 Å². The van der Waals surface area contributed by atoms with E-state index in [0.717, 1.165) is 18.5 Å². The SMILES string of the molecule is B[C@H]1C[C@@H](OC)[C@@H](c2cn(CO[C@@H]3C[C@H](B)O[C@@H]3COC)nn2)O1. The van der Waals surface area contributed by atoms with Gasteiger partial charge in [0.25, 0.3) is 0 Å². The summed E-state index contributed by atoms with van der Waals surface area (Å²) in [4.78, 5) is 0. The van der Waals surface area contributed by atoms with Crippen molar-refractivity contribution in [3.8, 4) is 0 Å². The smallest absolute Gasteiger partial charge is 0.141 e. The van der Waals surface area contributed by atoms with Gasteiger partial charge in [-0.05, 0) is 12.8 Å². The van der Waals surface area contributed by atoms with E-state index in [1.165, 1.54) is 0 Å². The minimum absolute atomic E-state index is 0.00192. The van der Waals surface area contributed by atoms with Crippen molar-refractivity contribution >= 4 is 15.7 Å². The van der Waals surface area contributed by atoms with Gasteiger partial charge in [-0.15, -0.1) is 5.10 Å². The van der Waals surface area contributed by atoms with Crippen LogP contribution < -0.4 is 0 Å². The largest absolute Gasteiger partial charge is 0.382 e. The lowest BCUT2D eigenvalue weighted by atomic mass is 9.96. The quantitative estimate of drug-likeness (QED) is 0.558. The van der Waals surface area contributed by atoms with Crippen LogP contribution in [0.3, 0.4) is 0 Å². The molecule has 132 valence electrons. The van der Waals surface area contributed by atoms with Crippen molar-refractivity contribution in [3.05, 3.63) is 11.9 Å². The lowest BCUT2D eigenvalue weighted by Gasteiger charge is -2.18. The van der Waals surface area contributed by atoms with Crippen LogP contribution in [0.25, 0.3) is 0 Å².